The number of fused-ring (bicyclic) bond motifs is 1. The van der Waals surface area contributed by atoms with E-state index in [4.69, 9.17) is 14.0 Å². The maximum absolute atomic E-state index is 13.2. The van der Waals surface area contributed by atoms with E-state index < -0.39 is 6.03 Å². The summed E-state index contributed by atoms with van der Waals surface area (Å²) in [4.78, 5) is 29.7. The zero-order chi connectivity index (χ0) is 25.0. The Morgan fingerprint density at radius 3 is 2.56 bits per heavy atom. The van der Waals surface area contributed by atoms with Crippen molar-refractivity contribution in [1.29, 1.82) is 0 Å². The number of aryl methyl sites for hydroxylation is 2. The fraction of sp³-hybridized carbons (Fsp3) is 0.542. The minimum atomic E-state index is -0.448. The minimum absolute atomic E-state index is 0.0960. The number of rotatable bonds is 3. The van der Waals surface area contributed by atoms with Gasteiger partial charge in [0.1, 0.15) is 23.7 Å². The van der Waals surface area contributed by atoms with Crippen LogP contribution in [0.2, 0.25) is 0 Å². The van der Waals surface area contributed by atoms with Crippen LogP contribution < -0.4 is 15.4 Å². The summed E-state index contributed by atoms with van der Waals surface area (Å²) in [6, 6.07) is 4.68. The van der Waals surface area contributed by atoms with Crippen LogP contribution in [0, 0.1) is 19.8 Å². The van der Waals surface area contributed by atoms with Crippen molar-refractivity contribution < 1.29 is 23.6 Å². The minimum Gasteiger partial charge on any atom is -0.491 e. The second kappa shape index (κ2) is 10.9. The predicted molar refractivity (Wildman–Crippen MR) is 130 cm³/mol. The van der Waals surface area contributed by atoms with E-state index in [2.05, 4.69) is 41.6 Å². The molecule has 3 rings (SSSR count). The first-order valence-corrected chi connectivity index (χ1v) is 11.4. The van der Waals surface area contributed by atoms with Crippen molar-refractivity contribution in [3.8, 4) is 5.75 Å². The number of ether oxygens (including phenoxy) is 2. The maximum atomic E-state index is 13.2. The largest absolute Gasteiger partial charge is 0.491 e. The monoisotopic (exact) mass is 473 g/mol. The number of nitrogens with one attached hydrogen (secondary N) is 2. The van der Waals surface area contributed by atoms with Gasteiger partial charge < -0.3 is 29.5 Å². The molecule has 2 heterocycles. The van der Waals surface area contributed by atoms with Crippen LogP contribution in [-0.2, 0) is 4.74 Å². The summed E-state index contributed by atoms with van der Waals surface area (Å²) in [5.41, 5.74) is 2.03. The van der Waals surface area contributed by atoms with Crippen LogP contribution >= 0.6 is 0 Å². The second-order valence-electron chi connectivity index (χ2n) is 9.03. The number of anilines is 2. The van der Waals surface area contributed by atoms with Crippen molar-refractivity contribution in [2.75, 3.05) is 51.5 Å². The van der Waals surface area contributed by atoms with Gasteiger partial charge in [-0.15, -0.1) is 0 Å². The van der Waals surface area contributed by atoms with Crippen LogP contribution in [0.25, 0.3) is 0 Å². The molecule has 0 bridgehead atoms. The van der Waals surface area contributed by atoms with Gasteiger partial charge in [-0.25, -0.2) is 4.79 Å². The van der Waals surface area contributed by atoms with Gasteiger partial charge in [0.15, 0.2) is 5.76 Å². The third-order valence-electron chi connectivity index (χ3n) is 6.29. The fourth-order valence-electron chi connectivity index (χ4n) is 3.97. The summed E-state index contributed by atoms with van der Waals surface area (Å²) in [5.74, 6) is 0.991. The Morgan fingerprint density at radius 1 is 1.18 bits per heavy atom. The summed E-state index contributed by atoms with van der Waals surface area (Å²) in [6.07, 6.45) is -0.0960. The van der Waals surface area contributed by atoms with E-state index in [1.807, 2.05) is 0 Å². The predicted octanol–water partition coefficient (Wildman–Crippen LogP) is 3.37. The first-order chi connectivity index (χ1) is 16.1. The van der Waals surface area contributed by atoms with Gasteiger partial charge in [0, 0.05) is 45.0 Å². The normalized spacial score (nSPS) is 22.3. The summed E-state index contributed by atoms with van der Waals surface area (Å²) in [5, 5.41) is 9.36. The molecule has 1 aliphatic heterocycles. The van der Waals surface area contributed by atoms with Crippen LogP contribution in [0.15, 0.2) is 22.7 Å². The van der Waals surface area contributed by atoms with Crippen LogP contribution in [0.5, 0.6) is 5.75 Å². The molecule has 2 N–H and O–H groups in total. The van der Waals surface area contributed by atoms with Gasteiger partial charge in [0.25, 0.3) is 5.91 Å². The van der Waals surface area contributed by atoms with Crippen molar-refractivity contribution in [1.82, 2.24) is 15.0 Å². The van der Waals surface area contributed by atoms with Gasteiger partial charge in [-0.2, -0.15) is 0 Å². The number of aromatic nitrogens is 1. The number of urea groups is 1. The SMILES string of the molecule is CO[C@H]1CN(C)C(=O)c2ccc(NC(=O)Nc3c(C)noc3C)cc2OC[C@H](C)N(C)C[C@@H]1C. The third-order valence-corrected chi connectivity index (χ3v) is 6.29. The molecule has 2 aromatic rings. The zero-order valence-electron chi connectivity index (χ0n) is 21.0. The van der Waals surface area contributed by atoms with Crippen molar-refractivity contribution in [3.63, 3.8) is 0 Å². The maximum Gasteiger partial charge on any atom is 0.323 e. The van der Waals surface area contributed by atoms with Gasteiger partial charge in [-0.05, 0) is 45.9 Å². The summed E-state index contributed by atoms with van der Waals surface area (Å²) >= 11 is 0. The van der Waals surface area contributed by atoms with Crippen LogP contribution in [0.3, 0.4) is 0 Å². The average molecular weight is 474 g/mol. The Kier molecular flexibility index (Phi) is 8.16. The van der Waals surface area contributed by atoms with Crippen molar-refractivity contribution in [2.24, 2.45) is 5.92 Å². The lowest BCUT2D eigenvalue weighted by atomic mass is 10.0. The molecule has 1 aliphatic rings. The van der Waals surface area contributed by atoms with Gasteiger partial charge in [-0.1, -0.05) is 12.1 Å². The molecular weight excluding hydrogens is 438 g/mol. The van der Waals surface area contributed by atoms with E-state index in [0.29, 0.717) is 47.3 Å². The van der Waals surface area contributed by atoms with Gasteiger partial charge in [0.2, 0.25) is 0 Å². The van der Waals surface area contributed by atoms with Crippen LogP contribution in [0.4, 0.5) is 16.2 Å². The van der Waals surface area contributed by atoms with Crippen LogP contribution in [-0.4, -0.2) is 79.9 Å². The number of carbonyl (C=O) groups is 2. The number of hydrogen-bond acceptors (Lipinski definition) is 7. The Bertz CT molecular complexity index is 1000. The van der Waals surface area contributed by atoms with E-state index >= 15 is 0 Å². The molecule has 0 saturated heterocycles. The fourth-order valence-corrected chi connectivity index (χ4v) is 3.97. The van der Waals surface area contributed by atoms with Gasteiger partial charge >= 0.3 is 6.03 Å². The molecule has 3 atom stereocenters. The number of carbonyl (C=O) groups excluding carboxylic acids is 2. The molecule has 0 saturated carbocycles. The summed E-state index contributed by atoms with van der Waals surface area (Å²) in [6.45, 7) is 9.32. The highest BCUT2D eigenvalue weighted by Crippen LogP contribution is 2.27. The Labute approximate surface area is 200 Å². The smallest absolute Gasteiger partial charge is 0.323 e. The summed E-state index contributed by atoms with van der Waals surface area (Å²) < 4.78 is 16.9. The molecule has 0 aliphatic carbocycles. The van der Waals surface area contributed by atoms with Crippen molar-refractivity contribution in [3.05, 3.63) is 35.2 Å². The molecule has 0 radical (unpaired) electrons. The molecule has 0 spiro atoms. The third kappa shape index (κ3) is 5.87. The molecule has 0 unspecified atom stereocenters. The van der Waals surface area contributed by atoms with E-state index in [1.165, 1.54) is 0 Å². The van der Waals surface area contributed by atoms with Crippen molar-refractivity contribution in [2.45, 2.75) is 39.8 Å². The lowest BCUT2D eigenvalue weighted by molar-refractivity contribution is 0.0150. The number of nitrogens with zero attached hydrogens (tertiary/aromatic N) is 3. The highest BCUT2D eigenvalue weighted by molar-refractivity contribution is 6.02. The number of benzene rings is 1. The quantitative estimate of drug-likeness (QED) is 0.703. The first-order valence-electron chi connectivity index (χ1n) is 11.4. The van der Waals surface area contributed by atoms with Gasteiger partial charge in [-0.3, -0.25) is 9.69 Å². The Hall–Kier alpha value is -3.11. The van der Waals surface area contributed by atoms with E-state index in [-0.39, 0.29) is 24.0 Å². The Morgan fingerprint density at radius 2 is 1.91 bits per heavy atom. The van der Waals surface area contributed by atoms with E-state index in [0.717, 1.165) is 6.54 Å². The Balaban J connectivity index is 1.85. The second-order valence-corrected chi connectivity index (χ2v) is 9.03. The van der Waals surface area contributed by atoms with E-state index in [1.54, 1.807) is 51.1 Å². The molecule has 10 heteroatoms. The van der Waals surface area contributed by atoms with Crippen LogP contribution in [0.1, 0.15) is 35.7 Å². The average Bonchev–Trinajstić information content (AvgIpc) is 3.11. The number of methoxy groups -OCH3 is 1. The highest BCUT2D eigenvalue weighted by Gasteiger charge is 2.27. The molecule has 10 nitrogen and oxygen atoms in total. The molecular formula is C24H35N5O5. The number of amides is 3. The molecule has 3 amide bonds. The molecule has 1 aromatic carbocycles. The molecule has 1 aromatic heterocycles. The zero-order valence-corrected chi connectivity index (χ0v) is 21.0. The lowest BCUT2D eigenvalue weighted by Crippen LogP contribution is -2.45. The highest BCUT2D eigenvalue weighted by atomic mass is 16.5. The number of likely N-dealkylation sites (N-methyl/N-ethyl adjacent to an activating group) is 2. The van der Waals surface area contributed by atoms with Gasteiger partial charge in [0.05, 0.1) is 11.7 Å². The van der Waals surface area contributed by atoms with E-state index in [9.17, 15) is 9.59 Å². The molecule has 0 fully saturated rings. The standard InChI is InChI=1S/C24H35N5O5/c1-14-11-28(5)15(2)13-33-20-10-18(25-24(31)26-22-16(3)27-34-17(22)4)8-9-19(20)23(30)29(6)12-21(14)32-7/h8-10,14-15,21H,11-13H2,1-7H3,(H2,25,26,31)/t14-,15-,21-/m0/s1. The lowest BCUT2D eigenvalue weighted by Gasteiger charge is -2.34. The topological polar surface area (TPSA) is 109 Å². The molecule has 186 valence electrons. The van der Waals surface area contributed by atoms with Crippen molar-refractivity contribution >= 4 is 23.3 Å². The summed E-state index contributed by atoms with van der Waals surface area (Å²) in [7, 11) is 5.49. The number of hydrogen-bond donors (Lipinski definition) is 2. The first kappa shape index (κ1) is 25.5. The molecule has 34 heavy (non-hydrogen) atoms.